The summed E-state index contributed by atoms with van der Waals surface area (Å²) in [5.41, 5.74) is 0. The maximum atomic E-state index is 5.61. The molecule has 0 fully saturated rings. The van der Waals surface area contributed by atoms with Crippen LogP contribution in [0.5, 0.6) is 0 Å². The van der Waals surface area contributed by atoms with Gasteiger partial charge in [0, 0.05) is 24.6 Å². The molecule has 1 heterocycles. The SMILES string of the molecule is COCCc1cnc(Cl)s1. The Balaban J connectivity index is 2.42. The minimum Gasteiger partial charge on any atom is -0.384 e. The molecule has 1 rings (SSSR count). The van der Waals surface area contributed by atoms with E-state index in [0.717, 1.165) is 13.0 Å². The van der Waals surface area contributed by atoms with E-state index in [9.17, 15) is 0 Å². The highest BCUT2D eigenvalue weighted by Gasteiger charge is 1.97. The molecule has 1 aromatic heterocycles. The summed E-state index contributed by atoms with van der Waals surface area (Å²) in [5, 5.41) is 0. The van der Waals surface area contributed by atoms with Gasteiger partial charge in [0.25, 0.3) is 0 Å². The molecule has 1 aromatic rings. The van der Waals surface area contributed by atoms with E-state index in [1.165, 1.54) is 16.2 Å². The van der Waals surface area contributed by atoms with Crippen LogP contribution in [0.4, 0.5) is 0 Å². The Kier molecular flexibility index (Phi) is 3.12. The fourth-order valence-corrected chi connectivity index (χ4v) is 1.56. The van der Waals surface area contributed by atoms with Crippen molar-refractivity contribution in [2.75, 3.05) is 13.7 Å². The van der Waals surface area contributed by atoms with Crippen molar-refractivity contribution in [2.45, 2.75) is 6.42 Å². The number of hydrogen-bond donors (Lipinski definition) is 0. The quantitative estimate of drug-likeness (QED) is 0.705. The number of thiazole rings is 1. The van der Waals surface area contributed by atoms with Crippen molar-refractivity contribution in [3.63, 3.8) is 0 Å². The molecule has 0 aliphatic heterocycles. The lowest BCUT2D eigenvalue weighted by atomic mass is 10.4. The second-order valence-corrected chi connectivity index (χ2v) is 3.52. The monoisotopic (exact) mass is 177 g/mol. The molecule has 0 spiro atoms. The third-order valence-corrected chi connectivity index (χ3v) is 2.25. The second-order valence-electron chi connectivity index (χ2n) is 1.82. The molecule has 0 aliphatic carbocycles. The van der Waals surface area contributed by atoms with Crippen molar-refractivity contribution in [2.24, 2.45) is 0 Å². The zero-order valence-corrected chi connectivity index (χ0v) is 7.21. The summed E-state index contributed by atoms with van der Waals surface area (Å²) in [6.45, 7) is 0.735. The highest BCUT2D eigenvalue weighted by molar-refractivity contribution is 7.15. The van der Waals surface area contributed by atoms with Gasteiger partial charge in [-0.2, -0.15) is 0 Å². The molecule has 0 aliphatic rings. The second kappa shape index (κ2) is 3.91. The van der Waals surface area contributed by atoms with Gasteiger partial charge in [0.15, 0.2) is 4.47 Å². The van der Waals surface area contributed by atoms with Gasteiger partial charge in [0.2, 0.25) is 0 Å². The highest BCUT2D eigenvalue weighted by atomic mass is 35.5. The Bertz CT molecular complexity index is 201. The lowest BCUT2D eigenvalue weighted by Crippen LogP contribution is -1.90. The summed E-state index contributed by atoms with van der Waals surface area (Å²) in [5.74, 6) is 0. The van der Waals surface area contributed by atoms with E-state index in [1.807, 2.05) is 0 Å². The smallest absolute Gasteiger partial charge is 0.183 e. The Morgan fingerprint density at radius 2 is 2.60 bits per heavy atom. The minimum atomic E-state index is 0.603. The topological polar surface area (TPSA) is 22.1 Å². The van der Waals surface area contributed by atoms with Gasteiger partial charge in [-0.1, -0.05) is 11.6 Å². The van der Waals surface area contributed by atoms with Crippen LogP contribution in [0.1, 0.15) is 4.88 Å². The van der Waals surface area contributed by atoms with Crippen LogP contribution in [0.3, 0.4) is 0 Å². The number of halogens is 1. The van der Waals surface area contributed by atoms with Crippen molar-refractivity contribution in [1.29, 1.82) is 0 Å². The Hall–Kier alpha value is -0.120. The van der Waals surface area contributed by atoms with Crippen LogP contribution in [0.15, 0.2) is 6.20 Å². The molecule has 0 radical (unpaired) electrons. The Labute approximate surface area is 68.8 Å². The summed E-state index contributed by atoms with van der Waals surface area (Å²) >= 11 is 7.11. The van der Waals surface area contributed by atoms with E-state index in [4.69, 9.17) is 16.3 Å². The molecule has 0 N–H and O–H groups in total. The van der Waals surface area contributed by atoms with Gasteiger partial charge in [-0.15, -0.1) is 11.3 Å². The predicted molar refractivity (Wildman–Crippen MR) is 42.7 cm³/mol. The maximum absolute atomic E-state index is 5.61. The maximum Gasteiger partial charge on any atom is 0.183 e. The molecule has 0 atom stereocenters. The van der Waals surface area contributed by atoms with E-state index >= 15 is 0 Å². The van der Waals surface area contributed by atoms with Gasteiger partial charge in [-0.3, -0.25) is 0 Å². The normalized spacial score (nSPS) is 10.2. The molecular weight excluding hydrogens is 170 g/mol. The molecule has 0 amide bonds. The van der Waals surface area contributed by atoms with E-state index in [2.05, 4.69) is 4.98 Å². The van der Waals surface area contributed by atoms with Crippen LogP contribution in [0, 0.1) is 0 Å². The van der Waals surface area contributed by atoms with Crippen LogP contribution < -0.4 is 0 Å². The standard InChI is InChI=1S/C6H8ClNOS/c1-9-3-2-5-4-8-6(7)10-5/h4H,2-3H2,1H3. The van der Waals surface area contributed by atoms with Crippen molar-refractivity contribution in [3.05, 3.63) is 15.5 Å². The van der Waals surface area contributed by atoms with Gasteiger partial charge in [0.1, 0.15) is 0 Å². The molecule has 0 aromatic carbocycles. The number of aromatic nitrogens is 1. The largest absolute Gasteiger partial charge is 0.384 e. The lowest BCUT2D eigenvalue weighted by molar-refractivity contribution is 0.203. The zero-order valence-electron chi connectivity index (χ0n) is 5.63. The highest BCUT2D eigenvalue weighted by Crippen LogP contribution is 2.17. The number of rotatable bonds is 3. The molecule has 0 unspecified atom stereocenters. The predicted octanol–water partition coefficient (Wildman–Crippen LogP) is 1.99. The number of hydrogen-bond acceptors (Lipinski definition) is 3. The summed E-state index contributed by atoms with van der Waals surface area (Å²) in [6.07, 6.45) is 2.69. The van der Waals surface area contributed by atoms with E-state index in [-0.39, 0.29) is 0 Å². The zero-order chi connectivity index (χ0) is 7.40. The first kappa shape index (κ1) is 7.98. The molecule has 56 valence electrons. The summed E-state index contributed by atoms with van der Waals surface area (Å²) in [7, 11) is 1.68. The molecule has 10 heavy (non-hydrogen) atoms. The first-order valence-corrected chi connectivity index (χ1v) is 4.11. The number of nitrogens with zero attached hydrogens (tertiary/aromatic N) is 1. The first-order valence-electron chi connectivity index (χ1n) is 2.92. The number of methoxy groups -OCH3 is 1. The summed E-state index contributed by atoms with van der Waals surface area (Å²) in [4.78, 5) is 5.07. The van der Waals surface area contributed by atoms with Crippen LogP contribution in [-0.4, -0.2) is 18.7 Å². The molecule has 0 saturated heterocycles. The van der Waals surface area contributed by atoms with Gasteiger partial charge in [-0.05, 0) is 0 Å². The first-order chi connectivity index (χ1) is 4.83. The number of ether oxygens (including phenoxy) is 1. The van der Waals surface area contributed by atoms with Crippen LogP contribution in [0.2, 0.25) is 4.47 Å². The fraction of sp³-hybridized carbons (Fsp3) is 0.500. The van der Waals surface area contributed by atoms with Crippen LogP contribution in [0.25, 0.3) is 0 Å². The van der Waals surface area contributed by atoms with Gasteiger partial charge >= 0.3 is 0 Å². The van der Waals surface area contributed by atoms with E-state index in [0.29, 0.717) is 4.47 Å². The lowest BCUT2D eigenvalue weighted by Gasteiger charge is -1.91. The fourth-order valence-electron chi connectivity index (χ4n) is 0.602. The third-order valence-electron chi connectivity index (χ3n) is 1.08. The van der Waals surface area contributed by atoms with Crippen molar-refractivity contribution in [1.82, 2.24) is 4.98 Å². The van der Waals surface area contributed by atoms with Gasteiger partial charge in [0.05, 0.1) is 6.61 Å². The molecule has 4 heteroatoms. The van der Waals surface area contributed by atoms with Crippen molar-refractivity contribution >= 4 is 22.9 Å². The van der Waals surface area contributed by atoms with Gasteiger partial charge < -0.3 is 4.74 Å². The van der Waals surface area contributed by atoms with Crippen LogP contribution >= 0.6 is 22.9 Å². The van der Waals surface area contributed by atoms with Gasteiger partial charge in [-0.25, -0.2) is 4.98 Å². The average Bonchev–Trinajstić information content (AvgIpc) is 2.31. The Morgan fingerprint density at radius 1 is 1.80 bits per heavy atom. The molecule has 0 saturated carbocycles. The average molecular weight is 178 g/mol. The molecule has 0 bridgehead atoms. The summed E-state index contributed by atoms with van der Waals surface area (Å²) in [6, 6.07) is 0. The molecule has 2 nitrogen and oxygen atoms in total. The molecular formula is C6H8ClNOS. The van der Waals surface area contributed by atoms with Crippen molar-refractivity contribution in [3.8, 4) is 0 Å². The van der Waals surface area contributed by atoms with Crippen LogP contribution in [-0.2, 0) is 11.2 Å². The third kappa shape index (κ3) is 2.25. The Morgan fingerprint density at radius 3 is 3.10 bits per heavy atom. The van der Waals surface area contributed by atoms with Crippen molar-refractivity contribution < 1.29 is 4.74 Å². The summed E-state index contributed by atoms with van der Waals surface area (Å²) < 4.78 is 5.49. The van der Waals surface area contributed by atoms with E-state index in [1.54, 1.807) is 13.3 Å². The minimum absolute atomic E-state index is 0.603. The van der Waals surface area contributed by atoms with E-state index < -0.39 is 0 Å².